The van der Waals surface area contributed by atoms with Gasteiger partial charge < -0.3 is 10.2 Å². The van der Waals surface area contributed by atoms with Crippen molar-refractivity contribution in [1.82, 2.24) is 14.9 Å². The summed E-state index contributed by atoms with van der Waals surface area (Å²) in [4.78, 5) is 28.1. The highest BCUT2D eigenvalue weighted by molar-refractivity contribution is 7.89. The molecule has 38 heavy (non-hydrogen) atoms. The zero-order valence-electron chi connectivity index (χ0n) is 21.3. The average Bonchev–Trinajstić information content (AvgIpc) is 2.90. The van der Waals surface area contributed by atoms with Crippen LogP contribution in [-0.4, -0.2) is 37.7 Å². The lowest BCUT2D eigenvalue weighted by atomic mass is 10.1. The third-order valence-electron chi connectivity index (χ3n) is 6.04. The second kappa shape index (κ2) is 13.8. The molecule has 1 atom stereocenters. The van der Waals surface area contributed by atoms with Gasteiger partial charge in [-0.05, 0) is 60.4 Å². The van der Waals surface area contributed by atoms with Gasteiger partial charge in [-0.1, -0.05) is 72.6 Å². The van der Waals surface area contributed by atoms with Crippen molar-refractivity contribution in [3.8, 4) is 0 Å². The predicted octanol–water partition coefficient (Wildman–Crippen LogP) is 4.96. The third-order valence-corrected chi connectivity index (χ3v) is 8.22. The van der Waals surface area contributed by atoms with Gasteiger partial charge in [0.05, 0.1) is 4.90 Å². The fourth-order valence-corrected chi connectivity index (χ4v) is 5.21. The van der Waals surface area contributed by atoms with Crippen molar-refractivity contribution < 1.29 is 18.0 Å². The largest absolute Gasteiger partial charge is 0.350 e. The predicted molar refractivity (Wildman–Crippen MR) is 150 cm³/mol. The zero-order valence-corrected chi connectivity index (χ0v) is 23.6. The van der Waals surface area contributed by atoms with Crippen molar-refractivity contribution in [1.29, 1.82) is 0 Å². The van der Waals surface area contributed by atoms with Crippen molar-refractivity contribution in [2.24, 2.45) is 0 Å². The smallest absolute Gasteiger partial charge is 0.242 e. The van der Waals surface area contributed by atoms with Crippen molar-refractivity contribution in [2.75, 3.05) is 6.54 Å². The van der Waals surface area contributed by atoms with Crippen molar-refractivity contribution in [3.05, 3.63) is 99.5 Å². The van der Waals surface area contributed by atoms with Gasteiger partial charge in [0.25, 0.3) is 0 Å². The van der Waals surface area contributed by atoms with Crippen LogP contribution in [0.3, 0.4) is 0 Å². The number of halogens is 2. The molecule has 0 saturated carbocycles. The maximum atomic E-state index is 13.4. The number of sulfonamides is 1. The number of aryl methyl sites for hydroxylation is 1. The molecule has 0 bridgehead atoms. The van der Waals surface area contributed by atoms with Crippen molar-refractivity contribution in [3.63, 3.8) is 0 Å². The summed E-state index contributed by atoms with van der Waals surface area (Å²) in [6.45, 7) is 4.18. The lowest BCUT2D eigenvalue weighted by molar-refractivity contribution is -0.140. The normalized spacial score (nSPS) is 12.1. The highest BCUT2D eigenvalue weighted by Gasteiger charge is 2.26. The molecule has 0 aromatic heterocycles. The Balaban J connectivity index is 1.71. The molecule has 0 spiro atoms. The molecule has 0 unspecified atom stereocenters. The first kappa shape index (κ1) is 29.6. The van der Waals surface area contributed by atoms with Crippen molar-refractivity contribution in [2.45, 2.75) is 50.7 Å². The minimum absolute atomic E-state index is 0.148. The average molecular weight is 577 g/mol. The van der Waals surface area contributed by atoms with Crippen LogP contribution in [-0.2, 0) is 39.1 Å². The molecule has 10 heteroatoms. The van der Waals surface area contributed by atoms with Gasteiger partial charge in [-0.15, -0.1) is 0 Å². The molecular formula is C28H31Cl2N3O4S. The van der Waals surface area contributed by atoms with Crippen LogP contribution in [0.4, 0.5) is 0 Å². The Labute approximate surface area is 234 Å². The number of carbonyl (C=O) groups is 2. The van der Waals surface area contributed by atoms with Crippen LogP contribution >= 0.6 is 23.2 Å². The molecule has 202 valence electrons. The van der Waals surface area contributed by atoms with Gasteiger partial charge in [0.2, 0.25) is 21.8 Å². The lowest BCUT2D eigenvalue weighted by Crippen LogP contribution is -2.47. The number of amides is 2. The van der Waals surface area contributed by atoms with Gasteiger partial charge in [-0.25, -0.2) is 13.1 Å². The summed E-state index contributed by atoms with van der Waals surface area (Å²) in [5, 5.41) is 4.01. The standard InChI is InChI=1S/C28H31Cl2N3O4S/c1-3-32-38(36,37)25-15-10-21(11-16-25)12-17-27(34)33(19-22-8-13-24(29)14-9-22)20(2)28(35)31-18-23-6-4-5-7-26(23)30/h4-11,13-16,20,32H,3,12,17-19H2,1-2H3,(H,31,35)/t20-/m0/s1. The first-order chi connectivity index (χ1) is 18.1. The van der Waals surface area contributed by atoms with Crippen LogP contribution in [0.1, 0.15) is 37.0 Å². The van der Waals surface area contributed by atoms with E-state index < -0.39 is 16.1 Å². The SMILES string of the molecule is CCNS(=O)(=O)c1ccc(CCC(=O)N(Cc2ccc(Cl)cc2)[C@@H](C)C(=O)NCc2ccccc2Cl)cc1. The van der Waals surface area contributed by atoms with E-state index in [4.69, 9.17) is 23.2 Å². The highest BCUT2D eigenvalue weighted by Crippen LogP contribution is 2.18. The molecule has 0 aliphatic heterocycles. The third kappa shape index (κ3) is 8.30. The number of benzene rings is 3. The van der Waals surface area contributed by atoms with Gasteiger partial charge in [0.1, 0.15) is 6.04 Å². The first-order valence-electron chi connectivity index (χ1n) is 12.2. The number of nitrogens with zero attached hydrogens (tertiary/aromatic N) is 1. The van der Waals surface area contributed by atoms with Gasteiger partial charge in [-0.2, -0.15) is 0 Å². The van der Waals surface area contributed by atoms with E-state index in [1.165, 1.54) is 17.0 Å². The van der Waals surface area contributed by atoms with Crippen LogP contribution < -0.4 is 10.0 Å². The van der Waals surface area contributed by atoms with Crippen LogP contribution in [0, 0.1) is 0 Å². The van der Waals surface area contributed by atoms with Crippen LogP contribution in [0.25, 0.3) is 0 Å². The van der Waals surface area contributed by atoms with E-state index in [1.54, 1.807) is 44.2 Å². The van der Waals surface area contributed by atoms with E-state index in [9.17, 15) is 18.0 Å². The molecule has 7 nitrogen and oxygen atoms in total. The number of hydrogen-bond donors (Lipinski definition) is 2. The van der Waals surface area contributed by atoms with E-state index in [0.29, 0.717) is 23.0 Å². The first-order valence-corrected chi connectivity index (χ1v) is 14.5. The Morgan fingerprint density at radius 1 is 0.921 bits per heavy atom. The molecule has 2 N–H and O–H groups in total. The van der Waals surface area contributed by atoms with Gasteiger partial charge >= 0.3 is 0 Å². The van der Waals surface area contributed by atoms with E-state index in [-0.39, 0.29) is 36.2 Å². The van der Waals surface area contributed by atoms with E-state index >= 15 is 0 Å². The lowest BCUT2D eigenvalue weighted by Gasteiger charge is -2.29. The zero-order chi connectivity index (χ0) is 27.7. The summed E-state index contributed by atoms with van der Waals surface area (Å²) < 4.78 is 26.8. The van der Waals surface area contributed by atoms with E-state index in [0.717, 1.165) is 16.7 Å². The number of carbonyl (C=O) groups excluding carboxylic acids is 2. The van der Waals surface area contributed by atoms with Gasteiger partial charge in [0, 0.05) is 36.1 Å². The maximum absolute atomic E-state index is 13.4. The molecule has 0 aliphatic rings. The summed E-state index contributed by atoms with van der Waals surface area (Å²) in [5.41, 5.74) is 2.44. The molecule has 0 fully saturated rings. The summed E-state index contributed by atoms with van der Waals surface area (Å²) in [5.74, 6) is -0.505. The number of nitrogens with one attached hydrogen (secondary N) is 2. The minimum Gasteiger partial charge on any atom is -0.350 e. The molecular weight excluding hydrogens is 545 g/mol. The molecule has 2 amide bonds. The van der Waals surface area contributed by atoms with Gasteiger partial charge in [-0.3, -0.25) is 9.59 Å². The summed E-state index contributed by atoms with van der Waals surface area (Å²) >= 11 is 12.2. The second-order valence-electron chi connectivity index (χ2n) is 8.78. The minimum atomic E-state index is -3.55. The Bertz CT molecular complexity index is 1350. The maximum Gasteiger partial charge on any atom is 0.242 e. The molecule has 0 saturated heterocycles. The Morgan fingerprint density at radius 3 is 2.18 bits per heavy atom. The van der Waals surface area contributed by atoms with Crippen LogP contribution in [0.2, 0.25) is 10.0 Å². The fourth-order valence-electron chi connectivity index (χ4n) is 3.84. The van der Waals surface area contributed by atoms with E-state index in [2.05, 4.69) is 10.0 Å². The Kier molecular flexibility index (Phi) is 10.7. The monoisotopic (exact) mass is 575 g/mol. The summed E-state index contributed by atoms with van der Waals surface area (Å²) in [6.07, 6.45) is 0.542. The molecule has 0 aliphatic carbocycles. The van der Waals surface area contributed by atoms with Gasteiger partial charge in [0.15, 0.2) is 0 Å². The molecule has 3 rings (SSSR count). The van der Waals surface area contributed by atoms with E-state index in [1.807, 2.05) is 30.3 Å². The topological polar surface area (TPSA) is 95.6 Å². The Hall–Kier alpha value is -2.91. The second-order valence-corrected chi connectivity index (χ2v) is 11.4. The number of hydrogen-bond acceptors (Lipinski definition) is 4. The summed E-state index contributed by atoms with van der Waals surface area (Å²) in [7, 11) is -3.55. The molecule has 3 aromatic carbocycles. The molecule has 0 radical (unpaired) electrons. The quantitative estimate of drug-likeness (QED) is 0.319. The van der Waals surface area contributed by atoms with Crippen molar-refractivity contribution >= 4 is 45.0 Å². The fraction of sp³-hybridized carbons (Fsp3) is 0.286. The van der Waals surface area contributed by atoms with Crippen LogP contribution in [0.5, 0.6) is 0 Å². The Morgan fingerprint density at radius 2 is 1.55 bits per heavy atom. The van der Waals surface area contributed by atoms with Crippen LogP contribution in [0.15, 0.2) is 77.7 Å². The molecule has 3 aromatic rings. The number of rotatable bonds is 12. The highest BCUT2D eigenvalue weighted by atomic mass is 35.5. The molecule has 0 heterocycles. The summed E-state index contributed by atoms with van der Waals surface area (Å²) in [6, 6.07) is 20.1.